The van der Waals surface area contributed by atoms with Crippen molar-refractivity contribution < 1.29 is 14.6 Å². The molecule has 1 N–H and O–H groups in total. The second-order valence-corrected chi connectivity index (χ2v) is 5.00. The molecule has 0 saturated heterocycles. The Labute approximate surface area is 92.4 Å². The molecular formula is C9H14N2O3S. The summed E-state index contributed by atoms with van der Waals surface area (Å²) in [7, 11) is 3.28. The van der Waals surface area contributed by atoms with Crippen LogP contribution in [0.25, 0.3) is 0 Å². The first-order valence-electron chi connectivity index (χ1n) is 4.38. The van der Waals surface area contributed by atoms with Crippen LogP contribution >= 0.6 is 11.8 Å². The first kappa shape index (κ1) is 12.1. The first-order valence-corrected chi connectivity index (χ1v) is 5.19. The van der Waals surface area contributed by atoms with Gasteiger partial charge >= 0.3 is 5.97 Å². The average Bonchev–Trinajstić information content (AvgIpc) is 2.51. The zero-order chi connectivity index (χ0) is 11.5. The van der Waals surface area contributed by atoms with E-state index in [1.165, 1.54) is 18.9 Å². The van der Waals surface area contributed by atoms with Gasteiger partial charge in [-0.2, -0.15) is 5.10 Å². The number of aliphatic carboxylic acids is 1. The minimum atomic E-state index is -0.974. The second-order valence-electron chi connectivity index (χ2n) is 3.42. The molecule has 0 aliphatic heterocycles. The lowest BCUT2D eigenvalue weighted by Crippen LogP contribution is -2.36. The number of methoxy groups -OCH3 is 1. The topological polar surface area (TPSA) is 64.4 Å². The van der Waals surface area contributed by atoms with Gasteiger partial charge in [0, 0.05) is 25.2 Å². The Bertz CT molecular complexity index is 353. The van der Waals surface area contributed by atoms with Crippen LogP contribution in [0.15, 0.2) is 17.3 Å². The predicted molar refractivity (Wildman–Crippen MR) is 57.0 cm³/mol. The van der Waals surface area contributed by atoms with Crippen LogP contribution in [0.1, 0.15) is 6.92 Å². The number of carboxylic acid groups (broad SMARTS) is 1. The number of nitrogens with zero attached hydrogens (tertiary/aromatic N) is 2. The molecule has 15 heavy (non-hydrogen) atoms. The van der Waals surface area contributed by atoms with Crippen LogP contribution in [0.5, 0.6) is 0 Å². The van der Waals surface area contributed by atoms with E-state index in [0.29, 0.717) is 0 Å². The molecule has 1 aromatic heterocycles. The van der Waals surface area contributed by atoms with Crippen molar-refractivity contribution in [2.75, 3.05) is 13.7 Å². The largest absolute Gasteiger partial charge is 0.480 e. The van der Waals surface area contributed by atoms with Crippen molar-refractivity contribution in [1.29, 1.82) is 0 Å². The van der Waals surface area contributed by atoms with Crippen molar-refractivity contribution in [3.8, 4) is 0 Å². The lowest BCUT2D eigenvalue weighted by molar-refractivity contribution is -0.140. The molecule has 1 rings (SSSR count). The lowest BCUT2D eigenvalue weighted by atomic mass is 10.2. The third-order valence-electron chi connectivity index (χ3n) is 1.90. The number of aromatic nitrogens is 2. The highest BCUT2D eigenvalue weighted by Gasteiger charge is 2.35. The van der Waals surface area contributed by atoms with Gasteiger partial charge in [-0.05, 0) is 6.92 Å². The highest BCUT2D eigenvalue weighted by molar-refractivity contribution is 8.01. The smallest absolute Gasteiger partial charge is 0.322 e. The predicted octanol–water partition coefficient (Wildman–Crippen LogP) is 1.00. The fourth-order valence-electron chi connectivity index (χ4n) is 1.12. The van der Waals surface area contributed by atoms with E-state index >= 15 is 0 Å². The summed E-state index contributed by atoms with van der Waals surface area (Å²) in [5, 5.41) is 13.1. The molecule has 0 aliphatic rings. The number of aryl methyl sites for hydroxylation is 1. The molecule has 5 nitrogen and oxygen atoms in total. The molecule has 0 amide bonds. The standard InChI is InChI=1S/C9H14N2O3S/c1-9(6-14-3,8(12)13)15-7-4-10-11(2)5-7/h4-5H,6H2,1-3H3,(H,12,13). The van der Waals surface area contributed by atoms with Crippen molar-refractivity contribution >= 4 is 17.7 Å². The summed E-state index contributed by atoms with van der Waals surface area (Å²) in [6, 6.07) is 0. The molecule has 0 radical (unpaired) electrons. The SMILES string of the molecule is COCC(C)(Sc1cnn(C)c1)C(=O)O. The van der Waals surface area contributed by atoms with E-state index in [1.54, 1.807) is 31.0 Å². The van der Waals surface area contributed by atoms with Crippen LogP contribution < -0.4 is 0 Å². The quantitative estimate of drug-likeness (QED) is 0.764. The zero-order valence-corrected chi connectivity index (χ0v) is 9.74. The van der Waals surface area contributed by atoms with Gasteiger partial charge in [0.1, 0.15) is 4.75 Å². The van der Waals surface area contributed by atoms with E-state index in [1.807, 2.05) is 0 Å². The molecule has 84 valence electrons. The fourth-order valence-corrected chi connectivity index (χ4v) is 2.21. The van der Waals surface area contributed by atoms with Crippen LogP contribution in [-0.4, -0.2) is 39.3 Å². The summed E-state index contributed by atoms with van der Waals surface area (Å²) in [4.78, 5) is 11.9. The van der Waals surface area contributed by atoms with Gasteiger partial charge in [0.05, 0.1) is 12.8 Å². The Kier molecular flexibility index (Phi) is 3.76. The van der Waals surface area contributed by atoms with Crippen molar-refractivity contribution in [2.45, 2.75) is 16.6 Å². The summed E-state index contributed by atoms with van der Waals surface area (Å²) < 4.78 is 5.58. The van der Waals surface area contributed by atoms with E-state index in [2.05, 4.69) is 5.10 Å². The molecule has 0 spiro atoms. The lowest BCUT2D eigenvalue weighted by Gasteiger charge is -2.21. The molecule has 1 aromatic rings. The average molecular weight is 230 g/mol. The van der Waals surface area contributed by atoms with Crippen molar-refractivity contribution in [2.24, 2.45) is 7.05 Å². The number of hydrogen-bond acceptors (Lipinski definition) is 4. The van der Waals surface area contributed by atoms with Crippen LogP contribution in [-0.2, 0) is 16.6 Å². The van der Waals surface area contributed by atoms with E-state index in [0.717, 1.165) is 4.90 Å². The van der Waals surface area contributed by atoms with Crippen molar-refractivity contribution in [1.82, 2.24) is 9.78 Å². The Morgan fingerprint density at radius 3 is 2.87 bits per heavy atom. The van der Waals surface area contributed by atoms with Gasteiger partial charge in [-0.3, -0.25) is 9.48 Å². The molecule has 1 unspecified atom stereocenters. The van der Waals surface area contributed by atoms with Gasteiger partial charge in [-0.1, -0.05) is 0 Å². The van der Waals surface area contributed by atoms with Crippen LogP contribution in [0.2, 0.25) is 0 Å². The molecule has 1 atom stereocenters. The maximum absolute atomic E-state index is 11.1. The van der Waals surface area contributed by atoms with Crippen molar-refractivity contribution in [3.63, 3.8) is 0 Å². The number of carboxylic acids is 1. The maximum atomic E-state index is 11.1. The van der Waals surface area contributed by atoms with E-state index in [9.17, 15) is 4.79 Å². The summed E-state index contributed by atoms with van der Waals surface area (Å²) in [6.45, 7) is 1.79. The molecule has 0 aromatic carbocycles. The number of carbonyl (C=O) groups is 1. The first-order chi connectivity index (χ1) is 6.98. The zero-order valence-electron chi connectivity index (χ0n) is 8.93. The molecule has 0 saturated carbocycles. The van der Waals surface area contributed by atoms with E-state index in [-0.39, 0.29) is 6.61 Å². The molecule has 6 heteroatoms. The summed E-state index contributed by atoms with van der Waals surface area (Å²) >= 11 is 1.24. The number of ether oxygens (including phenoxy) is 1. The minimum absolute atomic E-state index is 0.155. The number of rotatable bonds is 5. The molecule has 1 heterocycles. The Hall–Kier alpha value is -1.01. The van der Waals surface area contributed by atoms with Gasteiger partial charge in [-0.15, -0.1) is 11.8 Å². The Balaban J connectivity index is 2.79. The van der Waals surface area contributed by atoms with Crippen molar-refractivity contribution in [3.05, 3.63) is 12.4 Å². The summed E-state index contributed by atoms with van der Waals surface area (Å²) in [6.07, 6.45) is 3.42. The third-order valence-corrected chi connectivity index (χ3v) is 3.09. The van der Waals surface area contributed by atoms with Crippen LogP contribution in [0, 0.1) is 0 Å². The minimum Gasteiger partial charge on any atom is -0.480 e. The van der Waals surface area contributed by atoms with Crippen LogP contribution in [0.4, 0.5) is 0 Å². The highest BCUT2D eigenvalue weighted by atomic mass is 32.2. The molecular weight excluding hydrogens is 216 g/mol. The third kappa shape index (κ3) is 2.97. The summed E-state index contributed by atoms with van der Waals surface area (Å²) in [5.41, 5.74) is 0. The monoisotopic (exact) mass is 230 g/mol. The van der Waals surface area contributed by atoms with Gasteiger partial charge in [0.15, 0.2) is 0 Å². The molecule has 0 bridgehead atoms. The number of thioether (sulfide) groups is 1. The van der Waals surface area contributed by atoms with E-state index in [4.69, 9.17) is 9.84 Å². The fraction of sp³-hybridized carbons (Fsp3) is 0.556. The van der Waals surface area contributed by atoms with E-state index < -0.39 is 10.7 Å². The van der Waals surface area contributed by atoms with Gasteiger partial charge in [0.25, 0.3) is 0 Å². The Morgan fingerprint density at radius 1 is 1.80 bits per heavy atom. The maximum Gasteiger partial charge on any atom is 0.322 e. The van der Waals surface area contributed by atoms with Gasteiger partial charge in [0.2, 0.25) is 0 Å². The van der Waals surface area contributed by atoms with Gasteiger partial charge in [-0.25, -0.2) is 0 Å². The Morgan fingerprint density at radius 2 is 2.47 bits per heavy atom. The second kappa shape index (κ2) is 4.67. The highest BCUT2D eigenvalue weighted by Crippen LogP contribution is 2.32. The molecule has 0 aliphatic carbocycles. The summed E-state index contributed by atoms with van der Waals surface area (Å²) in [5.74, 6) is -0.891. The van der Waals surface area contributed by atoms with Gasteiger partial charge < -0.3 is 9.84 Å². The normalized spacial score (nSPS) is 14.9. The molecule has 0 fully saturated rings. The van der Waals surface area contributed by atoms with Crippen LogP contribution in [0.3, 0.4) is 0 Å². The number of hydrogen-bond donors (Lipinski definition) is 1.